The van der Waals surface area contributed by atoms with Crippen LogP contribution >= 0.6 is 0 Å². The molecular weight excluding hydrogens is 198 g/mol. The Kier molecular flexibility index (Phi) is 10.8. The monoisotopic (exact) mass is 215 g/mol. The van der Waals surface area contributed by atoms with Crippen molar-refractivity contribution in [1.82, 2.24) is 0 Å². The predicted molar refractivity (Wildman–Crippen MR) is 53.6 cm³/mol. The third-order valence-corrected chi connectivity index (χ3v) is 1.68. The Morgan fingerprint density at radius 3 is 2.31 bits per heavy atom. The fourth-order valence-corrected chi connectivity index (χ4v) is 1.07. The maximum absolute atomic E-state index is 11.1. The third-order valence-electron chi connectivity index (χ3n) is 1.68. The number of carbonyl (C=O) groups excluding carboxylic acids is 1. The summed E-state index contributed by atoms with van der Waals surface area (Å²) in [6.07, 6.45) is 2.06. The van der Waals surface area contributed by atoms with Gasteiger partial charge in [0.1, 0.15) is 0 Å². The zero-order valence-corrected chi connectivity index (χ0v) is 10.5. The maximum atomic E-state index is 11.1. The summed E-state index contributed by atoms with van der Waals surface area (Å²) >= 11 is 0. The first kappa shape index (κ1) is 15.8. The molecule has 0 heterocycles. The Bertz CT molecular complexity index is 181. The van der Waals surface area contributed by atoms with Gasteiger partial charge in [0, 0.05) is 17.8 Å². The number of hydrogen-bond donors (Lipinski definition) is 0. The van der Waals surface area contributed by atoms with Crippen LogP contribution in [0.25, 0.3) is 0 Å². The van der Waals surface area contributed by atoms with Crippen LogP contribution in [0.5, 0.6) is 0 Å². The van der Waals surface area contributed by atoms with E-state index in [2.05, 4.69) is 0 Å². The van der Waals surface area contributed by atoms with Crippen molar-refractivity contribution in [3.8, 4) is 0 Å². The molecule has 74 valence electrons. The van der Waals surface area contributed by atoms with Crippen molar-refractivity contribution in [2.75, 3.05) is 0 Å². The van der Waals surface area contributed by atoms with Crippen molar-refractivity contribution in [3.63, 3.8) is 0 Å². The number of Topliss-reactive ketones (excluding diaryl/α,β-unsaturated/α-hetero) is 1. The second-order valence-electron chi connectivity index (χ2n) is 2.81. The molecule has 0 saturated carbocycles. The van der Waals surface area contributed by atoms with E-state index < -0.39 is 11.0 Å². The van der Waals surface area contributed by atoms with Crippen molar-refractivity contribution < 1.29 is 12.6 Å². The van der Waals surface area contributed by atoms with Gasteiger partial charge in [-0.15, -0.1) is 0 Å². The van der Waals surface area contributed by atoms with E-state index in [0.29, 0.717) is 25.7 Å². The van der Waals surface area contributed by atoms with Crippen LogP contribution in [-0.2, 0) is 4.79 Å². The molecule has 0 aliphatic carbocycles. The van der Waals surface area contributed by atoms with Gasteiger partial charge in [0.25, 0.3) is 6.04 Å². The Hall–Kier alpha value is 0.330. The second kappa shape index (κ2) is 8.91. The van der Waals surface area contributed by atoms with Gasteiger partial charge in [0.2, 0.25) is 5.78 Å². The van der Waals surface area contributed by atoms with E-state index in [4.69, 9.17) is 0 Å². The van der Waals surface area contributed by atoms with Crippen LogP contribution in [0, 0.1) is 10.1 Å². The molecule has 1 atom stereocenters. The van der Waals surface area contributed by atoms with Crippen LogP contribution in [0.1, 0.15) is 42.4 Å². The molecule has 5 heteroatoms. The summed E-state index contributed by atoms with van der Waals surface area (Å²) in [5.74, 6) is -0.232. The zero-order valence-electron chi connectivity index (χ0n) is 10.3. The predicted octanol–water partition coefficient (Wildman–Crippen LogP) is 1.65. The molecule has 0 aliphatic heterocycles. The molecule has 4 nitrogen and oxygen atoms in total. The molecule has 0 amide bonds. The van der Waals surface area contributed by atoms with Gasteiger partial charge in [-0.05, 0) is 12.8 Å². The largest absolute Gasteiger partial charge is 2.00 e. The van der Waals surface area contributed by atoms with E-state index in [1.165, 1.54) is 0 Å². The molecule has 13 heavy (non-hydrogen) atoms. The number of hydrogen-bond acceptors (Lipinski definition) is 3. The maximum Gasteiger partial charge on any atom is 2.00 e. The number of carbonyl (C=O) groups is 1. The van der Waals surface area contributed by atoms with Gasteiger partial charge in [-0.2, -0.15) is 0 Å². The topological polar surface area (TPSA) is 60.2 Å². The first-order valence-corrected chi connectivity index (χ1v) is 4.29. The van der Waals surface area contributed by atoms with E-state index >= 15 is 0 Å². The van der Waals surface area contributed by atoms with Crippen LogP contribution in [0.2, 0.25) is 0 Å². The fraction of sp³-hybridized carbons (Fsp3) is 0.875. The normalized spacial score (nSPS) is 11.5. The molecule has 0 aliphatic rings. The minimum atomic E-state index is -0.963. The van der Waals surface area contributed by atoms with Gasteiger partial charge in [0.05, 0.1) is 0 Å². The molecular formula is C8H17CaNO3. The molecule has 0 aromatic heterocycles. The van der Waals surface area contributed by atoms with E-state index in [0.717, 1.165) is 0 Å². The Labute approximate surface area is 111 Å². The van der Waals surface area contributed by atoms with Gasteiger partial charge >= 0.3 is 37.7 Å². The average molecular weight is 215 g/mol. The quantitative estimate of drug-likeness (QED) is 0.384. The second-order valence-corrected chi connectivity index (χ2v) is 2.81. The summed E-state index contributed by atoms with van der Waals surface area (Å²) < 4.78 is 0. The Morgan fingerprint density at radius 1 is 1.46 bits per heavy atom. The Balaban J connectivity index is -0.000000202. The summed E-state index contributed by atoms with van der Waals surface area (Å²) in [5, 5.41) is 10.4. The molecule has 0 saturated heterocycles. The van der Waals surface area contributed by atoms with E-state index in [1.54, 1.807) is 0 Å². The van der Waals surface area contributed by atoms with Crippen LogP contribution in [0.3, 0.4) is 0 Å². The van der Waals surface area contributed by atoms with Crippen molar-refractivity contribution in [2.24, 2.45) is 0 Å². The minimum absolute atomic E-state index is 0. The summed E-state index contributed by atoms with van der Waals surface area (Å²) in [4.78, 5) is 21.1. The number of rotatable bonds is 6. The zero-order chi connectivity index (χ0) is 9.56. The number of ketones is 1. The summed E-state index contributed by atoms with van der Waals surface area (Å²) in [5.41, 5.74) is 0. The fourth-order valence-electron chi connectivity index (χ4n) is 1.07. The molecule has 1 unspecified atom stereocenters. The van der Waals surface area contributed by atoms with E-state index in [1.807, 2.05) is 13.8 Å². The molecule has 0 aromatic carbocycles. The SMILES string of the molecule is CCCC(=O)C(CCC)[N+](=O)[O-].[Ca+2].[H-].[H-]. The first-order chi connectivity index (χ1) is 5.63. The third kappa shape index (κ3) is 6.41. The summed E-state index contributed by atoms with van der Waals surface area (Å²) in [6, 6.07) is -0.963. The molecule has 0 spiro atoms. The Morgan fingerprint density at radius 2 is 2.00 bits per heavy atom. The van der Waals surface area contributed by atoms with Crippen LogP contribution in [0.15, 0.2) is 0 Å². The molecule has 0 bridgehead atoms. The molecule has 0 fully saturated rings. The summed E-state index contributed by atoms with van der Waals surface area (Å²) in [7, 11) is 0. The van der Waals surface area contributed by atoms with Crippen LogP contribution < -0.4 is 0 Å². The smallest absolute Gasteiger partial charge is 1.00 e. The van der Waals surface area contributed by atoms with Crippen LogP contribution in [-0.4, -0.2) is 54.5 Å². The molecule has 0 radical (unpaired) electrons. The van der Waals surface area contributed by atoms with Gasteiger partial charge in [0.15, 0.2) is 0 Å². The molecule has 0 rings (SSSR count). The first-order valence-electron chi connectivity index (χ1n) is 4.29. The van der Waals surface area contributed by atoms with Crippen molar-refractivity contribution in [1.29, 1.82) is 0 Å². The van der Waals surface area contributed by atoms with E-state index in [-0.39, 0.29) is 46.4 Å². The van der Waals surface area contributed by atoms with Crippen LogP contribution in [0.4, 0.5) is 0 Å². The molecule has 0 N–H and O–H groups in total. The number of nitrogens with zero attached hydrogens (tertiary/aromatic N) is 1. The van der Waals surface area contributed by atoms with Crippen molar-refractivity contribution in [3.05, 3.63) is 10.1 Å². The van der Waals surface area contributed by atoms with Crippen molar-refractivity contribution in [2.45, 2.75) is 45.6 Å². The van der Waals surface area contributed by atoms with Gasteiger partial charge in [-0.1, -0.05) is 13.8 Å². The summed E-state index contributed by atoms with van der Waals surface area (Å²) in [6.45, 7) is 3.69. The number of nitro groups is 1. The van der Waals surface area contributed by atoms with E-state index in [9.17, 15) is 14.9 Å². The van der Waals surface area contributed by atoms with Gasteiger partial charge in [-0.3, -0.25) is 14.9 Å². The standard InChI is InChI=1S/C8H15NO3.Ca.2H/c1-3-5-7(9(11)12)8(10)6-4-2;;;/h7H,3-6H2,1-2H3;;;/q;+2;2*-1. The van der Waals surface area contributed by atoms with Gasteiger partial charge in [-0.25, -0.2) is 0 Å². The average Bonchev–Trinajstić information content (AvgIpc) is 1.99. The van der Waals surface area contributed by atoms with Gasteiger partial charge < -0.3 is 2.85 Å². The molecule has 0 aromatic rings. The van der Waals surface area contributed by atoms with Crippen molar-refractivity contribution >= 4 is 43.5 Å². The minimum Gasteiger partial charge on any atom is -1.00 e.